The molecule has 0 spiro atoms. The second-order valence-corrected chi connectivity index (χ2v) is 4.66. The number of amides is 1. The average molecular weight is 333 g/mol. The van der Waals surface area contributed by atoms with Crippen LogP contribution in [0.25, 0.3) is 0 Å². The molecule has 8 heteroatoms. The third-order valence-corrected chi connectivity index (χ3v) is 2.97. The minimum absolute atomic E-state index is 0.128. The molecule has 0 saturated carbocycles. The van der Waals surface area contributed by atoms with Crippen LogP contribution in [0.4, 0.5) is 28.9 Å². The molecule has 0 saturated heterocycles. The number of carbonyl (C=O) groups excluding carboxylic acids is 1. The van der Waals surface area contributed by atoms with Crippen LogP contribution in [0.15, 0.2) is 30.3 Å². The zero-order valence-corrected chi connectivity index (χ0v) is 11.6. The van der Waals surface area contributed by atoms with Crippen molar-refractivity contribution in [1.82, 2.24) is 0 Å². The van der Waals surface area contributed by atoms with Crippen molar-refractivity contribution in [1.29, 1.82) is 0 Å². The van der Waals surface area contributed by atoms with E-state index in [1.54, 1.807) is 0 Å². The SMILES string of the molecule is O=C(CNc1ccc(F)c(Cl)c1)Nc1ccc(F)c(F)c1F. The van der Waals surface area contributed by atoms with Crippen molar-refractivity contribution >= 4 is 28.9 Å². The highest BCUT2D eigenvalue weighted by atomic mass is 35.5. The van der Waals surface area contributed by atoms with E-state index in [2.05, 4.69) is 10.6 Å². The molecule has 2 aromatic carbocycles. The zero-order chi connectivity index (χ0) is 16.3. The van der Waals surface area contributed by atoms with E-state index >= 15 is 0 Å². The molecule has 22 heavy (non-hydrogen) atoms. The maximum absolute atomic E-state index is 13.4. The van der Waals surface area contributed by atoms with Crippen LogP contribution in [0.5, 0.6) is 0 Å². The molecule has 0 unspecified atom stereocenters. The summed E-state index contributed by atoms with van der Waals surface area (Å²) in [6.07, 6.45) is 0. The van der Waals surface area contributed by atoms with Crippen LogP contribution < -0.4 is 10.6 Å². The van der Waals surface area contributed by atoms with Crippen molar-refractivity contribution in [3.8, 4) is 0 Å². The molecule has 3 nitrogen and oxygen atoms in total. The lowest BCUT2D eigenvalue weighted by molar-refractivity contribution is -0.114. The molecule has 116 valence electrons. The van der Waals surface area contributed by atoms with Gasteiger partial charge in [0, 0.05) is 5.69 Å². The fourth-order valence-electron chi connectivity index (χ4n) is 1.61. The Balaban J connectivity index is 1.99. The summed E-state index contributed by atoms with van der Waals surface area (Å²) in [6, 6.07) is 5.33. The van der Waals surface area contributed by atoms with Crippen molar-refractivity contribution < 1.29 is 22.4 Å². The van der Waals surface area contributed by atoms with Crippen LogP contribution in [-0.4, -0.2) is 12.5 Å². The van der Waals surface area contributed by atoms with Crippen LogP contribution >= 0.6 is 11.6 Å². The molecule has 0 aliphatic carbocycles. The van der Waals surface area contributed by atoms with Gasteiger partial charge in [-0.1, -0.05) is 11.6 Å². The molecule has 2 rings (SSSR count). The molecule has 1 amide bonds. The monoisotopic (exact) mass is 332 g/mol. The Labute approximate surface area is 127 Å². The fraction of sp³-hybridized carbons (Fsp3) is 0.0714. The molecule has 2 N–H and O–H groups in total. The largest absolute Gasteiger partial charge is 0.376 e. The van der Waals surface area contributed by atoms with Crippen LogP contribution in [-0.2, 0) is 4.79 Å². The van der Waals surface area contributed by atoms with Crippen molar-refractivity contribution in [2.24, 2.45) is 0 Å². The van der Waals surface area contributed by atoms with Gasteiger partial charge in [0.1, 0.15) is 5.82 Å². The molecule has 0 fully saturated rings. The minimum atomic E-state index is -1.67. The number of hydrogen-bond acceptors (Lipinski definition) is 2. The first kappa shape index (κ1) is 16.1. The zero-order valence-electron chi connectivity index (χ0n) is 10.9. The molecular weight excluding hydrogens is 324 g/mol. The molecule has 0 aliphatic heterocycles. The highest BCUT2D eigenvalue weighted by Gasteiger charge is 2.15. The van der Waals surface area contributed by atoms with E-state index in [1.165, 1.54) is 12.1 Å². The number of hydrogen-bond donors (Lipinski definition) is 2. The van der Waals surface area contributed by atoms with Crippen molar-refractivity contribution in [2.45, 2.75) is 0 Å². The predicted molar refractivity (Wildman–Crippen MR) is 74.8 cm³/mol. The normalized spacial score (nSPS) is 10.4. The summed E-state index contributed by atoms with van der Waals surface area (Å²) in [4.78, 5) is 11.6. The Morgan fingerprint density at radius 3 is 2.36 bits per heavy atom. The lowest BCUT2D eigenvalue weighted by Gasteiger charge is -2.09. The Hall–Kier alpha value is -2.28. The van der Waals surface area contributed by atoms with Crippen LogP contribution in [0, 0.1) is 23.3 Å². The van der Waals surface area contributed by atoms with Gasteiger partial charge >= 0.3 is 0 Å². The Morgan fingerprint density at radius 2 is 1.68 bits per heavy atom. The van der Waals surface area contributed by atoms with Crippen molar-refractivity contribution in [3.05, 3.63) is 58.6 Å². The number of benzene rings is 2. The lowest BCUT2D eigenvalue weighted by Crippen LogP contribution is -2.22. The molecule has 0 bridgehead atoms. The first-order chi connectivity index (χ1) is 10.4. The summed E-state index contributed by atoms with van der Waals surface area (Å²) in [7, 11) is 0. The standard InChI is InChI=1S/C14H9ClF4N2O/c15-8-5-7(1-2-9(8)16)20-6-12(22)21-11-4-3-10(17)13(18)14(11)19/h1-5,20H,6H2,(H,21,22). The minimum Gasteiger partial charge on any atom is -0.376 e. The second kappa shape index (κ2) is 6.65. The Bertz CT molecular complexity index is 724. The summed E-state index contributed by atoms with van der Waals surface area (Å²) in [5.74, 6) is -5.82. The number of rotatable bonds is 4. The van der Waals surface area contributed by atoms with E-state index in [0.29, 0.717) is 11.8 Å². The first-order valence-electron chi connectivity index (χ1n) is 6.00. The molecule has 0 heterocycles. The third-order valence-electron chi connectivity index (χ3n) is 2.68. The summed E-state index contributed by atoms with van der Waals surface area (Å²) >= 11 is 5.57. The van der Waals surface area contributed by atoms with Crippen LogP contribution in [0.3, 0.4) is 0 Å². The van der Waals surface area contributed by atoms with Crippen molar-refractivity contribution in [3.63, 3.8) is 0 Å². The predicted octanol–water partition coefficient (Wildman–Crippen LogP) is 3.95. The van der Waals surface area contributed by atoms with Crippen LogP contribution in [0.1, 0.15) is 0 Å². The first-order valence-corrected chi connectivity index (χ1v) is 6.38. The molecule has 0 aromatic heterocycles. The number of anilines is 2. The molecule has 0 aliphatic rings. The lowest BCUT2D eigenvalue weighted by atomic mass is 10.2. The van der Waals surface area contributed by atoms with Gasteiger partial charge in [0.15, 0.2) is 17.5 Å². The van der Waals surface area contributed by atoms with Crippen molar-refractivity contribution in [2.75, 3.05) is 17.2 Å². The van der Waals surface area contributed by atoms with Gasteiger partial charge in [-0.3, -0.25) is 4.79 Å². The van der Waals surface area contributed by atoms with Crippen LogP contribution in [0.2, 0.25) is 5.02 Å². The fourth-order valence-corrected chi connectivity index (χ4v) is 1.79. The van der Waals surface area contributed by atoms with Gasteiger partial charge < -0.3 is 10.6 Å². The van der Waals surface area contributed by atoms with E-state index in [9.17, 15) is 22.4 Å². The second-order valence-electron chi connectivity index (χ2n) is 4.25. The number of carbonyl (C=O) groups is 1. The highest BCUT2D eigenvalue weighted by molar-refractivity contribution is 6.31. The molecule has 2 aromatic rings. The Morgan fingerprint density at radius 1 is 1.00 bits per heavy atom. The summed E-state index contributed by atoms with van der Waals surface area (Å²) in [5, 5.41) is 4.58. The molecule has 0 radical (unpaired) electrons. The van der Waals surface area contributed by atoms with E-state index in [-0.39, 0.29) is 11.6 Å². The quantitative estimate of drug-likeness (QED) is 0.657. The summed E-state index contributed by atoms with van der Waals surface area (Å²) < 4.78 is 52.1. The van der Waals surface area contributed by atoms with E-state index in [4.69, 9.17) is 11.6 Å². The maximum atomic E-state index is 13.4. The maximum Gasteiger partial charge on any atom is 0.243 e. The van der Waals surface area contributed by atoms with Gasteiger partial charge in [-0.25, -0.2) is 17.6 Å². The van der Waals surface area contributed by atoms with Gasteiger partial charge in [-0.15, -0.1) is 0 Å². The topological polar surface area (TPSA) is 41.1 Å². The summed E-state index contributed by atoms with van der Waals surface area (Å²) in [5.41, 5.74) is -0.116. The number of nitrogens with one attached hydrogen (secondary N) is 2. The highest BCUT2D eigenvalue weighted by Crippen LogP contribution is 2.20. The average Bonchev–Trinajstić information content (AvgIpc) is 2.49. The van der Waals surface area contributed by atoms with Gasteiger partial charge in [-0.2, -0.15) is 0 Å². The summed E-state index contributed by atoms with van der Waals surface area (Å²) in [6.45, 7) is -0.305. The smallest absolute Gasteiger partial charge is 0.243 e. The Kier molecular flexibility index (Phi) is 4.87. The van der Waals surface area contributed by atoms with E-state index < -0.39 is 34.9 Å². The van der Waals surface area contributed by atoms with Gasteiger partial charge in [0.2, 0.25) is 5.91 Å². The molecular formula is C14H9ClF4N2O. The third kappa shape index (κ3) is 3.67. The van der Waals surface area contributed by atoms with E-state index in [0.717, 1.165) is 12.1 Å². The van der Waals surface area contributed by atoms with Gasteiger partial charge in [-0.05, 0) is 30.3 Å². The molecule has 0 atom stereocenters. The van der Waals surface area contributed by atoms with E-state index in [1.807, 2.05) is 0 Å². The van der Waals surface area contributed by atoms with Gasteiger partial charge in [0.05, 0.1) is 17.3 Å². The number of halogens is 5. The van der Waals surface area contributed by atoms with Gasteiger partial charge in [0.25, 0.3) is 0 Å².